The van der Waals surface area contributed by atoms with Crippen LogP contribution in [0.4, 0.5) is 4.79 Å². The molecule has 0 aromatic heterocycles. The lowest BCUT2D eigenvalue weighted by Crippen LogP contribution is -2.38. The summed E-state index contributed by atoms with van der Waals surface area (Å²) in [5.74, 6) is 0. The van der Waals surface area contributed by atoms with Crippen LogP contribution in [0.25, 0.3) is 0 Å². The Bertz CT molecular complexity index is 248. The van der Waals surface area contributed by atoms with Crippen LogP contribution in [0.15, 0.2) is 0 Å². The summed E-state index contributed by atoms with van der Waals surface area (Å²) in [6.45, 7) is 5.38. The first kappa shape index (κ1) is 9.77. The van der Waals surface area contributed by atoms with Crippen molar-refractivity contribution in [2.45, 2.75) is 57.8 Å². The summed E-state index contributed by atoms with van der Waals surface area (Å²) in [6, 6.07) is -0.151. The zero-order chi connectivity index (χ0) is 11.7. The highest BCUT2D eigenvalue weighted by molar-refractivity contribution is 5.68. The third-order valence-electron chi connectivity index (χ3n) is 1.98. The maximum Gasteiger partial charge on any atom is 0.407 e. The Morgan fingerprint density at radius 2 is 2.21 bits per heavy atom. The van der Waals surface area contributed by atoms with Gasteiger partial charge in [-0.3, -0.25) is 0 Å². The summed E-state index contributed by atoms with van der Waals surface area (Å²) in [5, 5.41) is 12.0. The topological polar surface area (TPSA) is 58.6 Å². The molecule has 2 atom stereocenters. The van der Waals surface area contributed by atoms with Gasteiger partial charge in [0.2, 0.25) is 0 Å². The molecule has 0 spiro atoms. The summed E-state index contributed by atoms with van der Waals surface area (Å²) in [4.78, 5) is 11.3. The number of alkyl carbamates (subject to hydrolysis) is 1. The van der Waals surface area contributed by atoms with E-state index >= 15 is 0 Å². The summed E-state index contributed by atoms with van der Waals surface area (Å²) < 4.78 is 12.5. The minimum absolute atomic E-state index is 0.151. The van der Waals surface area contributed by atoms with Crippen molar-refractivity contribution in [2.75, 3.05) is 0 Å². The van der Waals surface area contributed by atoms with Crippen LogP contribution >= 0.6 is 0 Å². The number of hydrogen-bond acceptors (Lipinski definition) is 3. The zero-order valence-corrected chi connectivity index (χ0v) is 8.96. The summed E-state index contributed by atoms with van der Waals surface area (Å²) in [5.41, 5.74) is -0.514. The highest BCUT2D eigenvalue weighted by Gasteiger charge is 2.26. The molecule has 4 nitrogen and oxygen atoms in total. The van der Waals surface area contributed by atoms with Crippen LogP contribution in [-0.2, 0) is 4.74 Å². The van der Waals surface area contributed by atoms with E-state index in [0.717, 1.165) is 0 Å². The molecule has 1 fully saturated rings. The maximum atomic E-state index is 11.3. The summed E-state index contributed by atoms with van der Waals surface area (Å²) in [6.07, 6.45) is -0.580. The molecular formula is C10H19NO3. The van der Waals surface area contributed by atoms with Crippen LogP contribution in [0.2, 0.25) is 0 Å². The van der Waals surface area contributed by atoms with E-state index in [9.17, 15) is 9.90 Å². The Labute approximate surface area is 86.0 Å². The van der Waals surface area contributed by atoms with Gasteiger partial charge in [-0.2, -0.15) is 0 Å². The van der Waals surface area contributed by atoms with Crippen LogP contribution in [0.1, 0.15) is 41.4 Å². The first-order valence-electron chi connectivity index (χ1n) is 5.40. The van der Waals surface area contributed by atoms with E-state index in [0.29, 0.717) is 12.8 Å². The third kappa shape index (κ3) is 3.96. The molecular weight excluding hydrogens is 182 g/mol. The molecule has 0 radical (unpaired) electrons. The van der Waals surface area contributed by atoms with E-state index in [1.807, 2.05) is 0 Å². The SMILES string of the molecule is [2H]C1(O)CC[C@@H](NC(=O)OC(C)(C)C)C1. The van der Waals surface area contributed by atoms with Gasteiger partial charge in [0.15, 0.2) is 0 Å². The molecule has 4 heteroatoms. The number of carbonyl (C=O) groups excluding carboxylic acids is 1. The molecule has 0 aromatic carbocycles. The molecule has 1 aliphatic rings. The molecule has 0 saturated heterocycles. The molecule has 82 valence electrons. The number of aliphatic hydroxyl groups is 1. The van der Waals surface area contributed by atoms with Gasteiger partial charge in [0.25, 0.3) is 0 Å². The monoisotopic (exact) mass is 202 g/mol. The van der Waals surface area contributed by atoms with Gasteiger partial charge in [-0.1, -0.05) is 0 Å². The fraction of sp³-hybridized carbons (Fsp3) is 0.900. The van der Waals surface area contributed by atoms with Crippen molar-refractivity contribution in [3.8, 4) is 0 Å². The van der Waals surface area contributed by atoms with Crippen LogP contribution in [0.5, 0.6) is 0 Å². The Morgan fingerprint density at radius 1 is 1.57 bits per heavy atom. The molecule has 1 saturated carbocycles. The number of rotatable bonds is 1. The van der Waals surface area contributed by atoms with Crippen molar-refractivity contribution in [3.05, 3.63) is 0 Å². The van der Waals surface area contributed by atoms with Crippen molar-refractivity contribution in [1.29, 1.82) is 0 Å². The molecule has 2 N–H and O–H groups in total. The standard InChI is InChI=1S/C10H19NO3/c1-10(2,3)14-9(13)11-7-4-5-8(12)6-7/h7-8,12H,4-6H2,1-3H3,(H,11,13)/t7-,8?/m1/s1/i8D. The minimum atomic E-state index is -1.39. The summed E-state index contributed by atoms with van der Waals surface area (Å²) >= 11 is 0. The van der Waals surface area contributed by atoms with E-state index in [2.05, 4.69) is 5.32 Å². The van der Waals surface area contributed by atoms with Gasteiger partial charge in [-0.25, -0.2) is 4.79 Å². The number of amides is 1. The second-order valence-electron chi connectivity index (χ2n) is 4.65. The fourth-order valence-electron chi connectivity index (χ4n) is 1.43. The van der Waals surface area contributed by atoms with E-state index < -0.39 is 17.8 Å². The van der Waals surface area contributed by atoms with Gasteiger partial charge in [-0.15, -0.1) is 0 Å². The van der Waals surface area contributed by atoms with E-state index in [1.165, 1.54) is 0 Å². The number of nitrogens with one attached hydrogen (secondary N) is 1. The Morgan fingerprint density at radius 3 is 2.64 bits per heavy atom. The Balaban J connectivity index is 2.34. The molecule has 1 amide bonds. The number of hydrogen-bond donors (Lipinski definition) is 2. The van der Waals surface area contributed by atoms with E-state index in [4.69, 9.17) is 6.11 Å². The van der Waals surface area contributed by atoms with Gasteiger partial charge in [0.1, 0.15) is 5.60 Å². The fourth-order valence-corrected chi connectivity index (χ4v) is 1.43. The van der Waals surface area contributed by atoms with Crippen LogP contribution in [0.3, 0.4) is 0 Å². The number of carbonyl (C=O) groups is 1. The van der Waals surface area contributed by atoms with Crippen molar-refractivity contribution < 1.29 is 16.0 Å². The second kappa shape index (κ2) is 4.17. The van der Waals surface area contributed by atoms with Crippen molar-refractivity contribution in [3.63, 3.8) is 0 Å². The largest absolute Gasteiger partial charge is 0.444 e. The highest BCUT2D eigenvalue weighted by atomic mass is 16.6. The predicted molar refractivity (Wildman–Crippen MR) is 53.0 cm³/mol. The Kier molecular flexibility index (Phi) is 2.91. The average Bonchev–Trinajstić information content (AvgIpc) is 2.25. The van der Waals surface area contributed by atoms with Gasteiger partial charge in [-0.05, 0) is 40.0 Å². The zero-order valence-electron chi connectivity index (χ0n) is 9.96. The maximum absolute atomic E-state index is 11.3. The molecule has 1 rings (SSSR count). The predicted octanol–water partition coefficient (Wildman–Crippen LogP) is 1.42. The smallest absolute Gasteiger partial charge is 0.407 e. The molecule has 1 unspecified atom stereocenters. The van der Waals surface area contributed by atoms with Gasteiger partial charge in [0, 0.05) is 6.04 Å². The van der Waals surface area contributed by atoms with Crippen LogP contribution in [0, 0.1) is 0 Å². The second-order valence-corrected chi connectivity index (χ2v) is 4.65. The van der Waals surface area contributed by atoms with Crippen molar-refractivity contribution >= 4 is 6.09 Å². The first-order chi connectivity index (χ1) is 6.68. The molecule has 0 aromatic rings. The molecule has 0 heterocycles. The molecule has 0 aliphatic heterocycles. The van der Waals surface area contributed by atoms with E-state index in [-0.39, 0.29) is 12.5 Å². The first-order valence-corrected chi connectivity index (χ1v) is 4.90. The molecule has 0 bridgehead atoms. The van der Waals surface area contributed by atoms with Crippen molar-refractivity contribution in [1.82, 2.24) is 5.32 Å². The van der Waals surface area contributed by atoms with Gasteiger partial charge in [0.05, 0.1) is 7.45 Å². The Hall–Kier alpha value is -0.770. The summed E-state index contributed by atoms with van der Waals surface area (Å²) in [7, 11) is 0. The molecule has 1 aliphatic carbocycles. The third-order valence-corrected chi connectivity index (χ3v) is 1.98. The minimum Gasteiger partial charge on any atom is -0.444 e. The van der Waals surface area contributed by atoms with Gasteiger partial charge < -0.3 is 15.2 Å². The lowest BCUT2D eigenvalue weighted by atomic mass is 10.2. The molecule has 14 heavy (non-hydrogen) atoms. The number of ether oxygens (including phenoxy) is 1. The lowest BCUT2D eigenvalue weighted by molar-refractivity contribution is 0.0502. The van der Waals surface area contributed by atoms with Crippen LogP contribution < -0.4 is 5.32 Å². The highest BCUT2D eigenvalue weighted by Crippen LogP contribution is 2.19. The lowest BCUT2D eigenvalue weighted by Gasteiger charge is -2.21. The normalized spacial score (nSPS) is 33.7. The van der Waals surface area contributed by atoms with Crippen molar-refractivity contribution in [2.24, 2.45) is 0 Å². The van der Waals surface area contributed by atoms with Crippen LogP contribution in [-0.4, -0.2) is 28.9 Å². The van der Waals surface area contributed by atoms with E-state index in [1.54, 1.807) is 20.8 Å². The quantitative estimate of drug-likeness (QED) is 0.676. The average molecular weight is 202 g/mol. The van der Waals surface area contributed by atoms with Gasteiger partial charge >= 0.3 is 6.09 Å².